The van der Waals surface area contributed by atoms with Crippen molar-refractivity contribution in [1.29, 1.82) is 0 Å². The van der Waals surface area contributed by atoms with Crippen molar-refractivity contribution in [2.75, 3.05) is 32.9 Å². The van der Waals surface area contributed by atoms with Crippen LogP contribution in [0, 0.1) is 5.41 Å². The van der Waals surface area contributed by atoms with Crippen molar-refractivity contribution in [3.05, 3.63) is 0 Å². The molecule has 0 radical (unpaired) electrons. The van der Waals surface area contributed by atoms with E-state index >= 15 is 0 Å². The topological polar surface area (TPSA) is 79.2 Å². The summed E-state index contributed by atoms with van der Waals surface area (Å²) in [5, 5.41) is 20.5. The third-order valence-corrected chi connectivity index (χ3v) is 4.30. The molecule has 0 saturated carbocycles. The summed E-state index contributed by atoms with van der Waals surface area (Å²) in [6, 6.07) is 0. The Morgan fingerprint density at radius 1 is 1.40 bits per heavy atom. The molecule has 2 aliphatic heterocycles. The molecule has 2 rings (SSSR count). The molecule has 2 saturated heterocycles. The maximum absolute atomic E-state index is 12.1. The first-order valence-electron chi connectivity index (χ1n) is 7.10. The van der Waals surface area contributed by atoms with Crippen LogP contribution >= 0.6 is 0 Å². The Labute approximate surface area is 119 Å². The number of rotatable bonds is 2. The van der Waals surface area contributed by atoms with Crippen LogP contribution in [0.2, 0.25) is 0 Å². The van der Waals surface area contributed by atoms with Crippen molar-refractivity contribution in [1.82, 2.24) is 4.90 Å². The van der Waals surface area contributed by atoms with E-state index in [1.807, 2.05) is 20.8 Å². The fraction of sp³-hybridized carbons (Fsp3) is 0.929. The van der Waals surface area contributed by atoms with Gasteiger partial charge in [-0.25, -0.2) is 4.79 Å². The molecule has 2 atom stereocenters. The first-order valence-corrected chi connectivity index (χ1v) is 7.10. The van der Waals surface area contributed by atoms with E-state index < -0.39 is 22.7 Å². The monoisotopic (exact) mass is 287 g/mol. The van der Waals surface area contributed by atoms with Crippen LogP contribution in [0.3, 0.4) is 0 Å². The summed E-state index contributed by atoms with van der Waals surface area (Å²) in [5.74, 6) is 0. The zero-order valence-electron chi connectivity index (χ0n) is 12.5. The van der Waals surface area contributed by atoms with Crippen molar-refractivity contribution < 1.29 is 24.5 Å². The number of nitrogens with zero attached hydrogens (tertiary/aromatic N) is 1. The number of amides is 1. The summed E-state index contributed by atoms with van der Waals surface area (Å²) < 4.78 is 10.6. The lowest BCUT2D eigenvalue weighted by molar-refractivity contribution is -0.104. The van der Waals surface area contributed by atoms with Crippen molar-refractivity contribution in [2.24, 2.45) is 5.41 Å². The average molecular weight is 287 g/mol. The Hall–Kier alpha value is -0.850. The number of aliphatic hydroxyl groups excluding tert-OH is 1. The lowest BCUT2D eigenvalue weighted by Gasteiger charge is -2.40. The van der Waals surface area contributed by atoms with Crippen LogP contribution in [-0.2, 0) is 9.47 Å². The van der Waals surface area contributed by atoms with Gasteiger partial charge in [0.05, 0.1) is 18.8 Å². The van der Waals surface area contributed by atoms with Gasteiger partial charge in [0.25, 0.3) is 0 Å². The SMILES string of the molecule is CC(C)(C)OC(=O)N1CCC(CO)(C2(O)CCOC2)C1. The third kappa shape index (κ3) is 2.77. The second-order valence-electron chi connectivity index (χ2n) is 6.92. The smallest absolute Gasteiger partial charge is 0.410 e. The molecule has 1 amide bonds. The number of carbonyl (C=O) groups excluding carboxylic acids is 1. The van der Waals surface area contributed by atoms with Gasteiger partial charge >= 0.3 is 6.09 Å². The predicted octanol–water partition coefficient (Wildman–Crippen LogP) is 0.757. The summed E-state index contributed by atoms with van der Waals surface area (Å²) in [6.07, 6.45) is 0.661. The number of carbonyl (C=O) groups is 1. The highest BCUT2D eigenvalue weighted by atomic mass is 16.6. The molecule has 0 bridgehead atoms. The zero-order valence-corrected chi connectivity index (χ0v) is 12.5. The molecule has 2 unspecified atom stereocenters. The Morgan fingerprint density at radius 3 is 2.60 bits per heavy atom. The lowest BCUT2D eigenvalue weighted by atomic mass is 9.71. The maximum Gasteiger partial charge on any atom is 0.410 e. The molecular formula is C14H25NO5. The van der Waals surface area contributed by atoms with Gasteiger partial charge in [0.1, 0.15) is 5.60 Å². The highest BCUT2D eigenvalue weighted by Gasteiger charge is 2.56. The van der Waals surface area contributed by atoms with Crippen molar-refractivity contribution in [3.63, 3.8) is 0 Å². The van der Waals surface area contributed by atoms with Gasteiger partial charge in [0, 0.05) is 31.5 Å². The first-order chi connectivity index (χ1) is 9.21. The van der Waals surface area contributed by atoms with Crippen LogP contribution in [0.5, 0.6) is 0 Å². The minimum absolute atomic E-state index is 0.161. The summed E-state index contributed by atoms with van der Waals surface area (Å²) in [6.45, 7) is 6.79. The van der Waals surface area contributed by atoms with E-state index in [0.29, 0.717) is 32.5 Å². The Balaban J connectivity index is 2.07. The Morgan fingerprint density at radius 2 is 2.10 bits per heavy atom. The summed E-state index contributed by atoms with van der Waals surface area (Å²) in [7, 11) is 0. The van der Waals surface area contributed by atoms with Gasteiger partial charge in [-0.3, -0.25) is 0 Å². The number of hydrogen-bond acceptors (Lipinski definition) is 5. The van der Waals surface area contributed by atoms with Gasteiger partial charge < -0.3 is 24.6 Å². The number of likely N-dealkylation sites (tertiary alicyclic amines) is 1. The van der Waals surface area contributed by atoms with Gasteiger partial charge in [0.15, 0.2) is 0 Å². The molecule has 20 heavy (non-hydrogen) atoms. The average Bonchev–Trinajstić information content (AvgIpc) is 2.94. The van der Waals surface area contributed by atoms with Crippen LogP contribution in [0.1, 0.15) is 33.6 Å². The van der Waals surface area contributed by atoms with Crippen molar-refractivity contribution in [3.8, 4) is 0 Å². The summed E-state index contributed by atoms with van der Waals surface area (Å²) >= 11 is 0. The van der Waals surface area contributed by atoms with Crippen LogP contribution in [-0.4, -0.2) is 65.3 Å². The molecule has 116 valence electrons. The van der Waals surface area contributed by atoms with Gasteiger partial charge in [-0.2, -0.15) is 0 Å². The number of aliphatic hydroxyl groups is 2. The van der Waals surface area contributed by atoms with Gasteiger partial charge in [-0.15, -0.1) is 0 Å². The highest BCUT2D eigenvalue weighted by molar-refractivity contribution is 5.68. The number of ether oxygens (including phenoxy) is 2. The van der Waals surface area contributed by atoms with E-state index in [9.17, 15) is 15.0 Å². The van der Waals surface area contributed by atoms with Gasteiger partial charge in [-0.1, -0.05) is 0 Å². The molecule has 0 aromatic rings. The molecule has 2 aliphatic rings. The molecule has 0 aromatic carbocycles. The highest BCUT2D eigenvalue weighted by Crippen LogP contribution is 2.44. The standard InChI is InChI=1S/C14H25NO5/c1-12(2,3)20-11(17)15-6-4-13(8-15,9-16)14(18)5-7-19-10-14/h16,18H,4-10H2,1-3H3. The first kappa shape index (κ1) is 15.5. The van der Waals surface area contributed by atoms with Crippen molar-refractivity contribution >= 4 is 6.09 Å². The fourth-order valence-electron chi connectivity index (χ4n) is 2.98. The summed E-state index contributed by atoms with van der Waals surface area (Å²) in [4.78, 5) is 13.7. The molecule has 6 heteroatoms. The Bertz CT molecular complexity index is 372. The molecule has 0 spiro atoms. The number of hydrogen-bond donors (Lipinski definition) is 2. The van der Waals surface area contributed by atoms with Crippen LogP contribution in [0.15, 0.2) is 0 Å². The zero-order chi connectivity index (χ0) is 15.0. The van der Waals surface area contributed by atoms with E-state index in [0.717, 1.165) is 0 Å². The molecule has 0 aliphatic carbocycles. The predicted molar refractivity (Wildman–Crippen MR) is 72.3 cm³/mol. The lowest BCUT2D eigenvalue weighted by Crippen LogP contribution is -2.53. The van der Waals surface area contributed by atoms with Crippen LogP contribution < -0.4 is 0 Å². The van der Waals surface area contributed by atoms with Crippen molar-refractivity contribution in [2.45, 2.75) is 44.8 Å². The largest absolute Gasteiger partial charge is 0.444 e. The molecule has 0 aromatic heterocycles. The molecule has 6 nitrogen and oxygen atoms in total. The normalized spacial score (nSPS) is 34.5. The van der Waals surface area contributed by atoms with E-state index in [4.69, 9.17) is 9.47 Å². The van der Waals surface area contributed by atoms with Crippen LogP contribution in [0.25, 0.3) is 0 Å². The van der Waals surface area contributed by atoms with Crippen LogP contribution in [0.4, 0.5) is 4.79 Å². The molecule has 2 N–H and O–H groups in total. The second kappa shape index (κ2) is 5.16. The fourth-order valence-corrected chi connectivity index (χ4v) is 2.98. The van der Waals surface area contributed by atoms with E-state index in [1.165, 1.54) is 0 Å². The molecule has 2 fully saturated rings. The van der Waals surface area contributed by atoms with E-state index in [-0.39, 0.29) is 13.2 Å². The summed E-state index contributed by atoms with van der Waals surface area (Å²) in [5.41, 5.74) is -2.31. The Kier molecular flexibility index (Phi) is 4.01. The van der Waals surface area contributed by atoms with E-state index in [1.54, 1.807) is 4.90 Å². The van der Waals surface area contributed by atoms with Gasteiger partial charge in [0.2, 0.25) is 0 Å². The molecule has 2 heterocycles. The van der Waals surface area contributed by atoms with E-state index in [2.05, 4.69) is 0 Å². The minimum atomic E-state index is -1.06. The maximum atomic E-state index is 12.1. The quantitative estimate of drug-likeness (QED) is 0.784. The van der Waals surface area contributed by atoms with Gasteiger partial charge in [-0.05, 0) is 27.2 Å². The molecular weight excluding hydrogens is 262 g/mol. The minimum Gasteiger partial charge on any atom is -0.444 e. The third-order valence-electron chi connectivity index (χ3n) is 4.30. The second-order valence-corrected chi connectivity index (χ2v) is 6.92.